The first-order valence-corrected chi connectivity index (χ1v) is 5.03. The minimum absolute atomic E-state index is 0. The standard InChI is InChI=1S/C14H14.Mo/c1-3-7-13(8-4-1)11-12-14-9-5-2-6-10-14;/h1-10H,11-12H2;. The fraction of sp³-hybridized carbons (Fsp3) is 0.143. The molecule has 0 aliphatic rings. The largest absolute Gasteiger partial charge is 0.0622 e. The molecule has 2 aromatic rings. The first-order valence-electron chi connectivity index (χ1n) is 5.03. The molecule has 0 aromatic heterocycles. The minimum atomic E-state index is 0. The van der Waals surface area contributed by atoms with Gasteiger partial charge in [-0.05, 0) is 24.0 Å². The van der Waals surface area contributed by atoms with Crippen LogP contribution in [-0.2, 0) is 33.9 Å². The van der Waals surface area contributed by atoms with E-state index < -0.39 is 0 Å². The van der Waals surface area contributed by atoms with Crippen molar-refractivity contribution in [2.24, 2.45) is 0 Å². The molecule has 0 nitrogen and oxygen atoms in total. The zero-order chi connectivity index (χ0) is 9.64. The maximum atomic E-state index is 2.18. The van der Waals surface area contributed by atoms with Crippen molar-refractivity contribution < 1.29 is 21.1 Å². The third-order valence-corrected chi connectivity index (χ3v) is 2.39. The number of hydrogen-bond acceptors (Lipinski definition) is 0. The van der Waals surface area contributed by atoms with Gasteiger partial charge >= 0.3 is 0 Å². The van der Waals surface area contributed by atoms with E-state index in [4.69, 9.17) is 0 Å². The molecule has 76 valence electrons. The van der Waals surface area contributed by atoms with E-state index in [1.165, 1.54) is 11.1 Å². The van der Waals surface area contributed by atoms with Gasteiger partial charge in [-0.3, -0.25) is 0 Å². The van der Waals surface area contributed by atoms with Crippen molar-refractivity contribution in [3.63, 3.8) is 0 Å². The Bertz CT molecular complexity index is 328. The van der Waals surface area contributed by atoms with Gasteiger partial charge < -0.3 is 0 Å². The van der Waals surface area contributed by atoms with E-state index in [0.717, 1.165) is 12.8 Å². The maximum absolute atomic E-state index is 2.18. The normalized spacial score (nSPS) is 9.33. The van der Waals surface area contributed by atoms with Gasteiger partial charge in [0.25, 0.3) is 0 Å². The van der Waals surface area contributed by atoms with Gasteiger partial charge in [0.1, 0.15) is 0 Å². The van der Waals surface area contributed by atoms with E-state index in [2.05, 4.69) is 60.7 Å². The molecule has 0 spiro atoms. The first-order chi connectivity index (χ1) is 6.95. The van der Waals surface area contributed by atoms with E-state index in [1.54, 1.807) is 0 Å². The Kier molecular flexibility index (Phi) is 5.35. The van der Waals surface area contributed by atoms with Crippen LogP contribution >= 0.6 is 0 Å². The van der Waals surface area contributed by atoms with Crippen LogP contribution in [0.2, 0.25) is 0 Å². The molecule has 0 unspecified atom stereocenters. The van der Waals surface area contributed by atoms with Gasteiger partial charge in [-0.25, -0.2) is 0 Å². The molecule has 0 aliphatic heterocycles. The monoisotopic (exact) mass is 280 g/mol. The second kappa shape index (κ2) is 6.58. The average Bonchev–Trinajstić information content (AvgIpc) is 2.29. The van der Waals surface area contributed by atoms with Gasteiger partial charge in [-0.15, -0.1) is 0 Å². The van der Waals surface area contributed by atoms with Gasteiger partial charge in [-0.1, -0.05) is 60.7 Å². The van der Waals surface area contributed by atoms with Crippen LogP contribution in [0, 0.1) is 0 Å². The van der Waals surface area contributed by atoms with Gasteiger partial charge in [-0.2, -0.15) is 0 Å². The summed E-state index contributed by atoms with van der Waals surface area (Å²) < 4.78 is 0. The molecule has 0 amide bonds. The Morgan fingerprint density at radius 2 is 0.867 bits per heavy atom. The van der Waals surface area contributed by atoms with Crippen molar-refractivity contribution in [1.29, 1.82) is 0 Å². The van der Waals surface area contributed by atoms with Crippen molar-refractivity contribution in [2.75, 3.05) is 0 Å². The van der Waals surface area contributed by atoms with Crippen LogP contribution in [0.15, 0.2) is 60.7 Å². The number of aryl methyl sites for hydroxylation is 2. The molecule has 0 saturated carbocycles. The molecular formula is C14H14Mo. The average molecular weight is 278 g/mol. The van der Waals surface area contributed by atoms with E-state index in [-0.39, 0.29) is 21.1 Å². The van der Waals surface area contributed by atoms with E-state index in [9.17, 15) is 0 Å². The Labute approximate surface area is 106 Å². The maximum Gasteiger partial charge on any atom is 0 e. The van der Waals surface area contributed by atoms with Crippen LogP contribution in [0.25, 0.3) is 0 Å². The molecule has 0 bridgehead atoms. The van der Waals surface area contributed by atoms with Crippen LogP contribution < -0.4 is 0 Å². The van der Waals surface area contributed by atoms with Crippen LogP contribution in [0.3, 0.4) is 0 Å². The second-order valence-electron chi connectivity index (χ2n) is 3.47. The number of benzene rings is 2. The van der Waals surface area contributed by atoms with E-state index >= 15 is 0 Å². The third-order valence-electron chi connectivity index (χ3n) is 2.39. The summed E-state index contributed by atoms with van der Waals surface area (Å²) in [7, 11) is 0. The van der Waals surface area contributed by atoms with Crippen molar-refractivity contribution in [2.45, 2.75) is 12.8 Å². The zero-order valence-electron chi connectivity index (χ0n) is 8.60. The summed E-state index contributed by atoms with van der Waals surface area (Å²) in [6.07, 6.45) is 2.26. The summed E-state index contributed by atoms with van der Waals surface area (Å²) in [6, 6.07) is 21.2. The molecular weight excluding hydrogens is 264 g/mol. The Morgan fingerprint density at radius 1 is 0.533 bits per heavy atom. The predicted molar refractivity (Wildman–Crippen MR) is 60.3 cm³/mol. The Hall–Kier alpha value is -0.872. The van der Waals surface area contributed by atoms with E-state index in [0.29, 0.717) is 0 Å². The van der Waals surface area contributed by atoms with Gasteiger partial charge in [0.05, 0.1) is 0 Å². The first kappa shape index (κ1) is 12.2. The van der Waals surface area contributed by atoms with Crippen LogP contribution in [-0.4, -0.2) is 0 Å². The Balaban J connectivity index is 0.00000112. The molecule has 15 heavy (non-hydrogen) atoms. The van der Waals surface area contributed by atoms with Crippen LogP contribution in [0.1, 0.15) is 11.1 Å². The molecule has 2 aromatic carbocycles. The van der Waals surface area contributed by atoms with Crippen LogP contribution in [0.5, 0.6) is 0 Å². The summed E-state index contributed by atoms with van der Waals surface area (Å²) in [4.78, 5) is 0. The quantitative estimate of drug-likeness (QED) is 0.754. The number of rotatable bonds is 3. The third kappa shape index (κ3) is 4.01. The topological polar surface area (TPSA) is 0 Å². The predicted octanol–water partition coefficient (Wildman–Crippen LogP) is 3.47. The summed E-state index contributed by atoms with van der Waals surface area (Å²) in [5.74, 6) is 0. The molecule has 0 fully saturated rings. The zero-order valence-corrected chi connectivity index (χ0v) is 10.6. The van der Waals surface area contributed by atoms with Crippen molar-refractivity contribution >= 4 is 0 Å². The van der Waals surface area contributed by atoms with Gasteiger partial charge in [0.2, 0.25) is 0 Å². The summed E-state index contributed by atoms with van der Waals surface area (Å²) in [5.41, 5.74) is 2.83. The fourth-order valence-electron chi connectivity index (χ4n) is 1.58. The molecule has 1 heteroatoms. The molecule has 0 N–H and O–H groups in total. The minimum Gasteiger partial charge on any atom is -0.0622 e. The van der Waals surface area contributed by atoms with Crippen LogP contribution in [0.4, 0.5) is 0 Å². The number of hydrogen-bond donors (Lipinski definition) is 0. The summed E-state index contributed by atoms with van der Waals surface area (Å²) >= 11 is 0. The summed E-state index contributed by atoms with van der Waals surface area (Å²) in [6.45, 7) is 0. The fourth-order valence-corrected chi connectivity index (χ4v) is 1.58. The van der Waals surface area contributed by atoms with Crippen molar-refractivity contribution in [3.05, 3.63) is 71.8 Å². The van der Waals surface area contributed by atoms with Crippen molar-refractivity contribution in [1.82, 2.24) is 0 Å². The van der Waals surface area contributed by atoms with Gasteiger partial charge in [0, 0.05) is 21.1 Å². The Morgan fingerprint density at radius 3 is 1.20 bits per heavy atom. The molecule has 2 rings (SSSR count). The molecule has 0 atom stereocenters. The second-order valence-corrected chi connectivity index (χ2v) is 3.47. The van der Waals surface area contributed by atoms with Crippen molar-refractivity contribution in [3.8, 4) is 0 Å². The smallest absolute Gasteiger partial charge is 0 e. The molecule has 0 saturated heterocycles. The SMILES string of the molecule is [Mo].c1ccc(CCc2ccccc2)cc1. The summed E-state index contributed by atoms with van der Waals surface area (Å²) in [5, 5.41) is 0. The van der Waals surface area contributed by atoms with Gasteiger partial charge in [0.15, 0.2) is 0 Å². The molecule has 0 radical (unpaired) electrons. The molecule has 0 heterocycles. The molecule has 0 aliphatic carbocycles. The van der Waals surface area contributed by atoms with E-state index in [1.807, 2.05) is 0 Å².